The van der Waals surface area contributed by atoms with Gasteiger partial charge in [-0.05, 0) is 19.1 Å². The first-order chi connectivity index (χ1) is 9.02. The predicted molar refractivity (Wildman–Crippen MR) is 64.4 cm³/mol. The van der Waals surface area contributed by atoms with Crippen molar-refractivity contribution in [2.45, 2.75) is 6.92 Å². The summed E-state index contributed by atoms with van der Waals surface area (Å²) in [4.78, 5) is 11.5. The minimum Gasteiger partial charge on any atom is -0.461 e. The van der Waals surface area contributed by atoms with Crippen molar-refractivity contribution in [2.75, 3.05) is 6.61 Å². The molecule has 0 saturated heterocycles. The van der Waals surface area contributed by atoms with Crippen molar-refractivity contribution in [1.29, 1.82) is 0 Å². The smallest absolute Gasteiger partial charge is 0.360 e. The number of benzene rings is 1. The summed E-state index contributed by atoms with van der Waals surface area (Å²) in [5, 5.41) is 3.96. The lowest BCUT2D eigenvalue weighted by molar-refractivity contribution is 0.0519. The Hall–Kier alpha value is -1.95. The molecule has 0 radical (unpaired) electrons. The van der Waals surface area contributed by atoms with Crippen LogP contribution in [0, 0.1) is 11.6 Å². The average Bonchev–Trinajstić information content (AvgIpc) is 2.75. The van der Waals surface area contributed by atoms with Gasteiger partial charge in [0.1, 0.15) is 0 Å². The monoisotopic (exact) mass is 286 g/mol. The number of halogens is 3. The normalized spacial score (nSPS) is 10.5. The van der Waals surface area contributed by atoms with E-state index in [-0.39, 0.29) is 23.0 Å². The van der Waals surface area contributed by atoms with Gasteiger partial charge in [-0.3, -0.25) is 0 Å². The molecule has 4 nitrogen and oxygen atoms in total. The largest absolute Gasteiger partial charge is 0.461 e. The Kier molecular flexibility index (Phi) is 3.80. The summed E-state index contributed by atoms with van der Waals surface area (Å²) in [5.41, 5.74) is 0.171. The maximum Gasteiger partial charge on any atom is 0.360 e. The average molecular weight is 287 g/mol. The number of nitrogens with zero attached hydrogens (tertiary/aromatic N) is 2. The van der Waals surface area contributed by atoms with Crippen LogP contribution in [0.1, 0.15) is 17.4 Å². The zero-order valence-electron chi connectivity index (χ0n) is 9.86. The van der Waals surface area contributed by atoms with Crippen LogP contribution in [0.25, 0.3) is 5.69 Å². The number of hydrogen-bond donors (Lipinski definition) is 0. The second-order valence-electron chi connectivity index (χ2n) is 3.59. The molecule has 0 N–H and O–H groups in total. The fourth-order valence-electron chi connectivity index (χ4n) is 1.45. The van der Waals surface area contributed by atoms with E-state index >= 15 is 0 Å². The maximum absolute atomic E-state index is 13.1. The summed E-state index contributed by atoms with van der Waals surface area (Å²) >= 11 is 5.84. The fourth-order valence-corrected chi connectivity index (χ4v) is 1.66. The molecule has 19 heavy (non-hydrogen) atoms. The lowest BCUT2D eigenvalue weighted by Crippen LogP contribution is -2.07. The molecule has 1 aromatic carbocycles. The third kappa shape index (κ3) is 2.73. The summed E-state index contributed by atoms with van der Waals surface area (Å²) < 4.78 is 31.9. The fraction of sp³-hybridized carbons (Fsp3) is 0.167. The molecular weight excluding hydrogens is 278 g/mol. The summed E-state index contributed by atoms with van der Waals surface area (Å²) in [6.07, 6.45) is 1.32. The highest BCUT2D eigenvalue weighted by molar-refractivity contribution is 6.33. The van der Waals surface area contributed by atoms with Crippen molar-refractivity contribution in [3.8, 4) is 5.69 Å². The molecule has 0 aliphatic rings. The van der Waals surface area contributed by atoms with Gasteiger partial charge in [0.05, 0.1) is 23.5 Å². The lowest BCUT2D eigenvalue weighted by atomic mass is 10.3. The van der Waals surface area contributed by atoms with E-state index in [9.17, 15) is 13.6 Å². The first-order valence-electron chi connectivity index (χ1n) is 5.40. The lowest BCUT2D eigenvalue weighted by Gasteiger charge is -2.01. The number of carbonyl (C=O) groups is 1. The number of rotatable bonds is 3. The molecule has 1 heterocycles. The van der Waals surface area contributed by atoms with Crippen molar-refractivity contribution in [3.05, 3.63) is 46.7 Å². The molecule has 0 saturated carbocycles. The molecule has 2 rings (SSSR count). The highest BCUT2D eigenvalue weighted by atomic mass is 35.5. The molecule has 0 spiro atoms. The van der Waals surface area contributed by atoms with Gasteiger partial charge in [0.25, 0.3) is 0 Å². The van der Waals surface area contributed by atoms with E-state index in [4.69, 9.17) is 16.3 Å². The van der Waals surface area contributed by atoms with Gasteiger partial charge in [-0.15, -0.1) is 0 Å². The van der Waals surface area contributed by atoms with E-state index in [0.29, 0.717) is 0 Å². The molecule has 0 aliphatic heterocycles. The second-order valence-corrected chi connectivity index (χ2v) is 4.00. The Morgan fingerprint density at radius 3 is 2.79 bits per heavy atom. The molecule has 0 unspecified atom stereocenters. The van der Waals surface area contributed by atoms with E-state index in [1.807, 2.05) is 0 Å². The van der Waals surface area contributed by atoms with Crippen LogP contribution in [-0.4, -0.2) is 22.4 Å². The molecule has 7 heteroatoms. The van der Waals surface area contributed by atoms with Gasteiger partial charge in [0.15, 0.2) is 17.3 Å². The topological polar surface area (TPSA) is 44.1 Å². The SMILES string of the molecule is CCOC(=O)c1nn(-c2ccc(F)c(F)c2)cc1Cl. The molecule has 0 atom stereocenters. The number of hydrogen-bond acceptors (Lipinski definition) is 3. The van der Waals surface area contributed by atoms with E-state index in [0.717, 1.165) is 12.1 Å². The minimum absolute atomic E-state index is 0.0724. The van der Waals surface area contributed by atoms with Crippen LogP contribution in [0.2, 0.25) is 5.02 Å². The van der Waals surface area contributed by atoms with Crippen molar-refractivity contribution >= 4 is 17.6 Å². The van der Waals surface area contributed by atoms with Crippen molar-refractivity contribution < 1.29 is 18.3 Å². The van der Waals surface area contributed by atoms with Crippen LogP contribution in [0.3, 0.4) is 0 Å². The van der Waals surface area contributed by atoms with E-state index in [1.165, 1.54) is 16.9 Å². The molecular formula is C12H9ClF2N2O2. The first kappa shape index (κ1) is 13.5. The first-order valence-corrected chi connectivity index (χ1v) is 5.78. The van der Waals surface area contributed by atoms with Crippen LogP contribution < -0.4 is 0 Å². The van der Waals surface area contributed by atoms with E-state index < -0.39 is 17.6 Å². The zero-order chi connectivity index (χ0) is 14.0. The van der Waals surface area contributed by atoms with Crippen molar-refractivity contribution in [2.24, 2.45) is 0 Å². The Bertz CT molecular complexity index is 628. The number of aromatic nitrogens is 2. The third-order valence-electron chi connectivity index (χ3n) is 2.31. The van der Waals surface area contributed by atoms with Gasteiger partial charge in [-0.2, -0.15) is 5.10 Å². The molecule has 0 fully saturated rings. The maximum atomic E-state index is 13.1. The Morgan fingerprint density at radius 2 is 2.16 bits per heavy atom. The molecule has 0 bridgehead atoms. The summed E-state index contributed by atoms with van der Waals surface area (Å²) in [5.74, 6) is -2.65. The summed E-state index contributed by atoms with van der Waals surface area (Å²) in [7, 11) is 0. The highest BCUT2D eigenvalue weighted by Gasteiger charge is 2.17. The Morgan fingerprint density at radius 1 is 1.42 bits per heavy atom. The van der Waals surface area contributed by atoms with E-state index in [2.05, 4.69) is 5.10 Å². The minimum atomic E-state index is -1.01. The Balaban J connectivity index is 2.38. The molecule has 0 amide bonds. The zero-order valence-corrected chi connectivity index (χ0v) is 10.6. The van der Waals surface area contributed by atoms with Crippen molar-refractivity contribution in [3.63, 3.8) is 0 Å². The number of ether oxygens (including phenoxy) is 1. The van der Waals surface area contributed by atoms with E-state index in [1.54, 1.807) is 6.92 Å². The van der Waals surface area contributed by atoms with Crippen LogP contribution in [0.15, 0.2) is 24.4 Å². The standard InChI is InChI=1S/C12H9ClF2N2O2/c1-2-19-12(18)11-8(13)6-17(16-11)7-3-4-9(14)10(15)5-7/h3-6H,2H2,1H3. The summed E-state index contributed by atoms with van der Waals surface area (Å²) in [6, 6.07) is 3.23. The molecule has 2 aromatic rings. The highest BCUT2D eigenvalue weighted by Crippen LogP contribution is 2.19. The van der Waals surface area contributed by atoms with Crippen LogP contribution in [0.5, 0.6) is 0 Å². The molecule has 1 aromatic heterocycles. The molecule has 100 valence electrons. The van der Waals surface area contributed by atoms with Gasteiger partial charge in [0, 0.05) is 6.07 Å². The Labute approximate surface area is 112 Å². The number of carbonyl (C=O) groups excluding carboxylic acids is 1. The molecule has 0 aliphatic carbocycles. The van der Waals surface area contributed by atoms with Gasteiger partial charge in [0.2, 0.25) is 0 Å². The quantitative estimate of drug-likeness (QED) is 0.815. The van der Waals surface area contributed by atoms with Gasteiger partial charge >= 0.3 is 5.97 Å². The summed E-state index contributed by atoms with van der Waals surface area (Å²) in [6.45, 7) is 1.84. The van der Waals surface area contributed by atoms with Crippen LogP contribution in [0.4, 0.5) is 8.78 Å². The second kappa shape index (κ2) is 5.36. The van der Waals surface area contributed by atoms with Crippen LogP contribution in [-0.2, 0) is 4.74 Å². The van der Waals surface area contributed by atoms with Gasteiger partial charge in [-0.25, -0.2) is 18.3 Å². The van der Waals surface area contributed by atoms with Crippen molar-refractivity contribution in [1.82, 2.24) is 9.78 Å². The third-order valence-corrected chi connectivity index (χ3v) is 2.58. The predicted octanol–water partition coefficient (Wildman–Crippen LogP) is 2.98. The number of esters is 1. The van der Waals surface area contributed by atoms with Crippen LogP contribution >= 0.6 is 11.6 Å². The van der Waals surface area contributed by atoms with Gasteiger partial charge < -0.3 is 4.74 Å². The van der Waals surface area contributed by atoms with Gasteiger partial charge in [-0.1, -0.05) is 11.6 Å².